The molecular weight excluding hydrogens is 466 g/mol. The summed E-state index contributed by atoms with van der Waals surface area (Å²) in [5.41, 5.74) is 0. The van der Waals surface area contributed by atoms with Crippen LogP contribution in [0.2, 0.25) is 0 Å². The third kappa shape index (κ3) is 34.2. The van der Waals surface area contributed by atoms with Crippen LogP contribution in [-0.2, 0) is 19.1 Å². The molecule has 188 valence electrons. The van der Waals surface area contributed by atoms with Crippen LogP contribution >= 0.6 is 0 Å². The van der Waals surface area contributed by atoms with E-state index in [1.807, 2.05) is 0 Å². The predicted octanol–water partition coefficient (Wildman–Crippen LogP) is 2.54. The number of esters is 2. The van der Waals surface area contributed by atoms with Gasteiger partial charge in [-0.2, -0.15) is 0 Å². The molecule has 0 bridgehead atoms. The van der Waals surface area contributed by atoms with Crippen molar-refractivity contribution >= 4 is 11.9 Å². The number of rotatable bonds is 24. The van der Waals surface area contributed by atoms with E-state index >= 15 is 0 Å². The summed E-state index contributed by atoms with van der Waals surface area (Å²) in [6.07, 6.45) is 24.7. The summed E-state index contributed by atoms with van der Waals surface area (Å²) in [7, 11) is 0. The Labute approximate surface area is 294 Å². The number of hydrogen-bond acceptors (Lipinski definition) is 4. The summed E-state index contributed by atoms with van der Waals surface area (Å²) in [6, 6.07) is 0. The average Bonchev–Trinajstić information content (AvgIpc) is 2.75. The van der Waals surface area contributed by atoms with Crippen LogP contribution in [0.5, 0.6) is 0 Å². The van der Waals surface area contributed by atoms with E-state index in [1.165, 1.54) is 103 Å². The van der Waals surface area contributed by atoms with E-state index in [-0.39, 0.29) is 112 Å². The molecule has 0 spiro atoms. The molecule has 0 aliphatic rings. The molecule has 0 aromatic heterocycles. The number of ether oxygens (including phenoxy) is 2. The van der Waals surface area contributed by atoms with Gasteiger partial charge in [0.15, 0.2) is 0 Å². The Morgan fingerprint density at radius 1 is 0.455 bits per heavy atom. The van der Waals surface area contributed by atoms with E-state index in [0.29, 0.717) is 13.2 Å². The summed E-state index contributed by atoms with van der Waals surface area (Å²) in [5.74, 6) is -0.909. The number of carbonyl (C=O) groups is 2. The molecule has 0 rings (SSSR count). The Hall–Kier alpha value is 2.21. The molecule has 6 heteroatoms. The van der Waals surface area contributed by atoms with Crippen LogP contribution in [-0.4, -0.2) is 25.2 Å². The maximum Gasteiger partial charge on any atom is 1.00 e. The normalized spacial score (nSPS) is 10.2. The molecule has 0 N–H and O–H groups in total. The zero-order valence-electron chi connectivity index (χ0n) is 24.9. The zero-order valence-corrected chi connectivity index (χ0v) is 29.1. The van der Waals surface area contributed by atoms with Crippen LogP contribution in [0.25, 0.3) is 0 Å². The van der Waals surface area contributed by atoms with Gasteiger partial charge in [-0.1, -0.05) is 129 Å². The van der Waals surface area contributed by atoms with Crippen molar-refractivity contribution in [3.63, 3.8) is 0 Å². The summed E-state index contributed by atoms with van der Waals surface area (Å²) < 4.78 is 10.3. The molecule has 0 aromatic rings. The fourth-order valence-corrected chi connectivity index (χ4v) is 3.77. The largest absolute Gasteiger partial charge is 1.00 e. The molecule has 0 aliphatic carbocycles. The van der Waals surface area contributed by atoms with E-state index in [2.05, 4.69) is 13.8 Å². The molecule has 4 nitrogen and oxygen atoms in total. The van der Waals surface area contributed by atoms with Gasteiger partial charge >= 0.3 is 115 Å². The van der Waals surface area contributed by atoms with Crippen molar-refractivity contribution in [2.24, 2.45) is 0 Å². The van der Waals surface area contributed by atoms with Gasteiger partial charge in [0.2, 0.25) is 0 Å². The predicted molar refractivity (Wildman–Crippen MR) is 132 cm³/mol. The summed E-state index contributed by atoms with van der Waals surface area (Å²) >= 11 is 0. The van der Waals surface area contributed by atoms with Crippen LogP contribution in [0.4, 0.5) is 0 Å². The first-order valence-electron chi connectivity index (χ1n) is 13.5. The molecule has 0 aromatic carbocycles. The van der Waals surface area contributed by atoms with Crippen LogP contribution in [0.3, 0.4) is 0 Å². The fraction of sp³-hybridized carbons (Fsp3) is 0.926. The maximum atomic E-state index is 11.7. The molecule has 0 amide bonds. The minimum absolute atomic E-state index is 0. The molecule has 0 radical (unpaired) electrons. The molecule has 0 fully saturated rings. The first-order valence-corrected chi connectivity index (χ1v) is 13.5. The molecule has 0 heterocycles. The Bertz CT molecular complexity index is 381. The van der Waals surface area contributed by atoms with Crippen LogP contribution < -0.4 is 103 Å². The first-order chi connectivity index (χ1) is 15.2. The molecule has 0 saturated carbocycles. The minimum atomic E-state index is -0.455. The van der Waals surface area contributed by atoms with Gasteiger partial charge in [-0.25, -0.2) is 0 Å². The SMILES string of the molecule is CCCCCCCCCCCCOC(=O)CC(=O)OCCCCCCCCCCCC.[H-].[H-].[K+].[K+]. The van der Waals surface area contributed by atoms with Crippen LogP contribution in [0.1, 0.15) is 152 Å². The maximum absolute atomic E-state index is 11.7. The van der Waals surface area contributed by atoms with Gasteiger partial charge in [-0.05, 0) is 12.8 Å². The fourth-order valence-electron chi connectivity index (χ4n) is 3.77. The van der Waals surface area contributed by atoms with Crippen molar-refractivity contribution in [1.29, 1.82) is 0 Å². The van der Waals surface area contributed by atoms with E-state index < -0.39 is 11.9 Å². The number of carbonyl (C=O) groups excluding carboxylic acids is 2. The van der Waals surface area contributed by atoms with E-state index in [1.54, 1.807) is 0 Å². The van der Waals surface area contributed by atoms with Gasteiger partial charge < -0.3 is 12.3 Å². The Morgan fingerprint density at radius 3 is 0.970 bits per heavy atom. The first kappa shape index (κ1) is 39.7. The molecule has 0 saturated heterocycles. The smallest absolute Gasteiger partial charge is 1.00 e. The second-order valence-corrected chi connectivity index (χ2v) is 8.98. The number of hydrogen-bond donors (Lipinski definition) is 0. The van der Waals surface area contributed by atoms with Crippen LogP contribution in [0.15, 0.2) is 0 Å². The van der Waals surface area contributed by atoms with Gasteiger partial charge in [0, 0.05) is 0 Å². The van der Waals surface area contributed by atoms with Gasteiger partial charge in [-0.3, -0.25) is 9.59 Å². The average molecular weight is 521 g/mol. The van der Waals surface area contributed by atoms with Crippen molar-refractivity contribution in [2.45, 2.75) is 149 Å². The topological polar surface area (TPSA) is 52.6 Å². The minimum Gasteiger partial charge on any atom is -1.00 e. The van der Waals surface area contributed by atoms with Gasteiger partial charge in [-0.15, -0.1) is 0 Å². The molecule has 0 aliphatic heterocycles. The molecule has 0 unspecified atom stereocenters. The monoisotopic (exact) mass is 520 g/mol. The van der Waals surface area contributed by atoms with Crippen molar-refractivity contribution < 1.29 is 125 Å². The van der Waals surface area contributed by atoms with Gasteiger partial charge in [0.25, 0.3) is 0 Å². The Morgan fingerprint density at radius 2 is 0.697 bits per heavy atom. The van der Waals surface area contributed by atoms with Crippen molar-refractivity contribution in [3.8, 4) is 0 Å². The Kier molecular flexibility index (Phi) is 41.2. The molecular formula is C27H54K2O4. The summed E-state index contributed by atoms with van der Waals surface area (Å²) in [4.78, 5) is 23.4. The van der Waals surface area contributed by atoms with Crippen molar-refractivity contribution in [2.75, 3.05) is 13.2 Å². The van der Waals surface area contributed by atoms with E-state index in [4.69, 9.17) is 9.47 Å². The third-order valence-electron chi connectivity index (χ3n) is 5.81. The summed E-state index contributed by atoms with van der Waals surface area (Å²) in [5, 5.41) is 0. The third-order valence-corrected chi connectivity index (χ3v) is 5.81. The quantitative estimate of drug-likeness (QED) is 0.0849. The summed E-state index contributed by atoms with van der Waals surface area (Å²) in [6.45, 7) is 5.33. The standard InChI is InChI=1S/C27H52O4.2K.2H/c1-3-5-7-9-11-13-15-17-19-21-23-30-26(28)25-27(29)31-24-22-20-18-16-14-12-10-8-6-4-2;;;;/h3-25H2,1-2H3;;;;/q;2*+1;2*-1. The van der Waals surface area contributed by atoms with E-state index in [0.717, 1.165) is 25.7 Å². The van der Waals surface area contributed by atoms with Crippen molar-refractivity contribution in [1.82, 2.24) is 0 Å². The number of unbranched alkanes of at least 4 members (excludes halogenated alkanes) is 18. The van der Waals surface area contributed by atoms with Gasteiger partial charge in [0.05, 0.1) is 13.2 Å². The molecule has 33 heavy (non-hydrogen) atoms. The van der Waals surface area contributed by atoms with Crippen molar-refractivity contribution in [3.05, 3.63) is 0 Å². The van der Waals surface area contributed by atoms with E-state index in [9.17, 15) is 9.59 Å². The van der Waals surface area contributed by atoms with Gasteiger partial charge in [0.1, 0.15) is 6.42 Å². The Balaban J connectivity index is -0.000000750. The zero-order chi connectivity index (χ0) is 22.8. The van der Waals surface area contributed by atoms with Crippen LogP contribution in [0, 0.1) is 0 Å². The molecule has 0 atom stereocenters. The second-order valence-electron chi connectivity index (χ2n) is 8.98. The second kappa shape index (κ2) is 34.2.